The fraction of sp³-hybridized carbons (Fsp3) is 0.583. The van der Waals surface area contributed by atoms with Crippen LogP contribution in [0.4, 0.5) is 5.82 Å². The van der Waals surface area contributed by atoms with Crippen LogP contribution in [0.2, 0.25) is 0 Å². The number of anilines is 1. The lowest BCUT2D eigenvalue weighted by Crippen LogP contribution is -2.28. The van der Waals surface area contributed by atoms with E-state index in [0.717, 1.165) is 0 Å². The van der Waals surface area contributed by atoms with E-state index in [1.165, 1.54) is 0 Å². The van der Waals surface area contributed by atoms with Crippen molar-refractivity contribution in [3.05, 3.63) is 17.8 Å². The van der Waals surface area contributed by atoms with Gasteiger partial charge in [0.25, 0.3) is 5.91 Å². The van der Waals surface area contributed by atoms with Crippen LogP contribution in [0.15, 0.2) is 12.1 Å². The van der Waals surface area contributed by atoms with Crippen molar-refractivity contribution in [2.75, 3.05) is 32.1 Å². The highest BCUT2D eigenvalue weighted by atomic mass is 16.5. The van der Waals surface area contributed by atoms with Gasteiger partial charge in [-0.2, -0.15) is 0 Å². The van der Waals surface area contributed by atoms with E-state index in [2.05, 4.69) is 20.8 Å². The maximum atomic E-state index is 11.7. The predicted octanol–water partition coefficient (Wildman–Crippen LogP) is 0.921. The molecule has 1 rings (SSSR count). The van der Waals surface area contributed by atoms with Gasteiger partial charge in [-0.3, -0.25) is 4.79 Å². The molecule has 1 amide bonds. The molecule has 6 nitrogen and oxygen atoms in total. The molecular weight excluding hydrogens is 232 g/mol. The average Bonchev–Trinajstić information content (AvgIpc) is 2.37. The summed E-state index contributed by atoms with van der Waals surface area (Å²) in [4.78, 5) is 11.7. The van der Waals surface area contributed by atoms with Gasteiger partial charge in [-0.25, -0.2) is 0 Å². The molecule has 0 saturated carbocycles. The lowest BCUT2D eigenvalue weighted by atomic mass is 10.2. The van der Waals surface area contributed by atoms with Crippen LogP contribution in [0.25, 0.3) is 0 Å². The van der Waals surface area contributed by atoms with Crippen molar-refractivity contribution in [2.45, 2.75) is 13.8 Å². The Bertz CT molecular complexity index is 365. The summed E-state index contributed by atoms with van der Waals surface area (Å²) >= 11 is 0. The molecule has 0 atom stereocenters. The van der Waals surface area contributed by atoms with E-state index in [1.54, 1.807) is 19.2 Å². The van der Waals surface area contributed by atoms with Crippen LogP contribution in [0.1, 0.15) is 24.3 Å². The molecule has 0 aromatic carbocycles. The van der Waals surface area contributed by atoms with E-state index in [0.29, 0.717) is 37.1 Å². The molecule has 18 heavy (non-hydrogen) atoms. The van der Waals surface area contributed by atoms with Gasteiger partial charge in [0.2, 0.25) is 0 Å². The summed E-state index contributed by atoms with van der Waals surface area (Å²) in [6, 6.07) is 3.38. The zero-order valence-corrected chi connectivity index (χ0v) is 11.1. The van der Waals surface area contributed by atoms with Gasteiger partial charge in [-0.15, -0.1) is 10.2 Å². The number of hydrogen-bond donors (Lipinski definition) is 2. The second-order valence-corrected chi connectivity index (χ2v) is 4.33. The minimum atomic E-state index is -0.195. The number of methoxy groups -OCH3 is 1. The van der Waals surface area contributed by atoms with Crippen LogP contribution >= 0.6 is 0 Å². The lowest BCUT2D eigenvalue weighted by Gasteiger charge is -2.07. The number of carbonyl (C=O) groups excluding carboxylic acids is 1. The molecule has 1 aromatic heterocycles. The number of ether oxygens (including phenoxy) is 1. The summed E-state index contributed by atoms with van der Waals surface area (Å²) in [6.45, 7) is 5.96. The minimum absolute atomic E-state index is 0.195. The first-order valence-corrected chi connectivity index (χ1v) is 5.98. The fourth-order valence-electron chi connectivity index (χ4n) is 1.22. The Hall–Kier alpha value is -1.69. The third-order valence-corrected chi connectivity index (χ3v) is 2.18. The first kappa shape index (κ1) is 14.4. The Labute approximate surface area is 107 Å². The van der Waals surface area contributed by atoms with Crippen LogP contribution in [0.3, 0.4) is 0 Å². The van der Waals surface area contributed by atoms with E-state index < -0.39 is 0 Å². The quantitative estimate of drug-likeness (QED) is 0.706. The zero-order valence-electron chi connectivity index (χ0n) is 11.1. The summed E-state index contributed by atoms with van der Waals surface area (Å²) in [6.07, 6.45) is 0. The number of hydrogen-bond acceptors (Lipinski definition) is 5. The number of amides is 1. The van der Waals surface area contributed by atoms with E-state index >= 15 is 0 Å². The molecule has 0 aliphatic heterocycles. The molecule has 2 N–H and O–H groups in total. The number of nitrogens with zero attached hydrogens (tertiary/aromatic N) is 2. The summed E-state index contributed by atoms with van der Waals surface area (Å²) in [5, 5.41) is 13.6. The van der Waals surface area contributed by atoms with Crippen LogP contribution in [0, 0.1) is 5.92 Å². The molecule has 0 fully saturated rings. The van der Waals surface area contributed by atoms with Crippen molar-refractivity contribution >= 4 is 11.7 Å². The number of nitrogens with one attached hydrogen (secondary N) is 2. The van der Waals surface area contributed by atoms with Crippen molar-refractivity contribution in [3.8, 4) is 0 Å². The molecule has 0 spiro atoms. The van der Waals surface area contributed by atoms with Crippen molar-refractivity contribution in [3.63, 3.8) is 0 Å². The van der Waals surface area contributed by atoms with Crippen LogP contribution < -0.4 is 10.6 Å². The predicted molar refractivity (Wildman–Crippen MR) is 69.6 cm³/mol. The largest absolute Gasteiger partial charge is 0.383 e. The number of aromatic nitrogens is 2. The Morgan fingerprint density at radius 2 is 2.17 bits per heavy atom. The van der Waals surface area contributed by atoms with E-state index in [1.807, 2.05) is 13.8 Å². The molecule has 0 saturated heterocycles. The summed E-state index contributed by atoms with van der Waals surface area (Å²) in [5.74, 6) is 0.851. The van der Waals surface area contributed by atoms with Gasteiger partial charge >= 0.3 is 0 Å². The summed E-state index contributed by atoms with van der Waals surface area (Å²) < 4.78 is 4.91. The maximum Gasteiger partial charge on any atom is 0.271 e. The molecule has 0 bridgehead atoms. The monoisotopic (exact) mass is 252 g/mol. The van der Waals surface area contributed by atoms with Gasteiger partial charge in [0, 0.05) is 20.2 Å². The van der Waals surface area contributed by atoms with Crippen molar-refractivity contribution in [2.24, 2.45) is 5.92 Å². The van der Waals surface area contributed by atoms with Crippen molar-refractivity contribution < 1.29 is 9.53 Å². The van der Waals surface area contributed by atoms with Crippen LogP contribution in [-0.4, -0.2) is 42.9 Å². The Morgan fingerprint density at radius 3 is 2.72 bits per heavy atom. The summed E-state index contributed by atoms with van der Waals surface area (Å²) in [7, 11) is 1.63. The molecule has 100 valence electrons. The van der Waals surface area contributed by atoms with Gasteiger partial charge in [0.15, 0.2) is 5.69 Å². The second-order valence-electron chi connectivity index (χ2n) is 4.33. The molecule has 0 radical (unpaired) electrons. The lowest BCUT2D eigenvalue weighted by molar-refractivity contribution is 0.0943. The minimum Gasteiger partial charge on any atom is -0.383 e. The normalized spacial score (nSPS) is 10.4. The van der Waals surface area contributed by atoms with E-state index in [4.69, 9.17) is 4.74 Å². The Kier molecular flexibility index (Phi) is 6.07. The maximum absolute atomic E-state index is 11.7. The molecule has 0 unspecified atom stereocenters. The molecular formula is C12H20N4O2. The fourth-order valence-corrected chi connectivity index (χ4v) is 1.22. The third kappa shape index (κ3) is 5.09. The van der Waals surface area contributed by atoms with Crippen LogP contribution in [-0.2, 0) is 4.74 Å². The van der Waals surface area contributed by atoms with E-state index in [-0.39, 0.29) is 5.91 Å². The van der Waals surface area contributed by atoms with Gasteiger partial charge in [-0.1, -0.05) is 13.8 Å². The molecule has 1 aromatic rings. The molecule has 0 aliphatic carbocycles. The Morgan fingerprint density at radius 1 is 1.39 bits per heavy atom. The molecule has 0 aliphatic rings. The first-order chi connectivity index (χ1) is 8.63. The SMILES string of the molecule is COCCNc1ccc(C(=O)NCC(C)C)nn1. The third-order valence-electron chi connectivity index (χ3n) is 2.18. The van der Waals surface area contributed by atoms with E-state index in [9.17, 15) is 4.79 Å². The van der Waals surface area contributed by atoms with Gasteiger partial charge < -0.3 is 15.4 Å². The molecule has 1 heterocycles. The highest BCUT2D eigenvalue weighted by molar-refractivity contribution is 5.92. The molecule has 6 heteroatoms. The van der Waals surface area contributed by atoms with Crippen LogP contribution in [0.5, 0.6) is 0 Å². The zero-order chi connectivity index (χ0) is 13.4. The number of rotatable bonds is 7. The van der Waals surface area contributed by atoms with Gasteiger partial charge in [0.1, 0.15) is 5.82 Å². The smallest absolute Gasteiger partial charge is 0.271 e. The van der Waals surface area contributed by atoms with Crippen molar-refractivity contribution in [1.29, 1.82) is 0 Å². The first-order valence-electron chi connectivity index (χ1n) is 5.98. The Balaban J connectivity index is 2.46. The highest BCUT2D eigenvalue weighted by Crippen LogP contribution is 2.01. The number of carbonyl (C=O) groups is 1. The topological polar surface area (TPSA) is 76.1 Å². The van der Waals surface area contributed by atoms with Gasteiger partial charge in [0.05, 0.1) is 6.61 Å². The summed E-state index contributed by atoms with van der Waals surface area (Å²) in [5.41, 5.74) is 0.327. The highest BCUT2D eigenvalue weighted by Gasteiger charge is 2.08. The second kappa shape index (κ2) is 7.60. The van der Waals surface area contributed by atoms with Gasteiger partial charge in [-0.05, 0) is 18.1 Å². The van der Waals surface area contributed by atoms with Crippen molar-refractivity contribution in [1.82, 2.24) is 15.5 Å². The average molecular weight is 252 g/mol. The standard InChI is InChI=1S/C12H20N4O2/c1-9(2)8-14-12(17)10-4-5-11(16-15-10)13-6-7-18-3/h4-5,9H,6-8H2,1-3H3,(H,13,16)(H,14,17).